The fourth-order valence-electron chi connectivity index (χ4n) is 2.28. The van der Waals surface area contributed by atoms with Crippen LogP contribution in [0.2, 0.25) is 0 Å². The van der Waals surface area contributed by atoms with E-state index in [1.165, 1.54) is 38.4 Å². The van der Waals surface area contributed by atoms with E-state index in [1.54, 1.807) is 19.1 Å². The molecule has 2 aromatic rings. The van der Waals surface area contributed by atoms with Gasteiger partial charge < -0.3 is 14.8 Å². The third-order valence-corrected chi connectivity index (χ3v) is 5.20. The molecule has 2 rings (SSSR count). The number of methoxy groups -OCH3 is 1. The fraction of sp³-hybridized carbons (Fsp3) is 0.235. The lowest BCUT2D eigenvalue weighted by atomic mass is 10.1. The second-order valence-electron chi connectivity index (χ2n) is 5.39. The van der Waals surface area contributed by atoms with E-state index in [-0.39, 0.29) is 27.6 Å². The number of sulfonamides is 1. The molecule has 0 saturated heterocycles. The standard InChI is InChI=1S/C17H18F2N2O5S/c1-10-4-6-12(9-15(10)27(23,24)20-2)21-16(22)11-5-7-13(26-17(18)19)14(8-11)25-3/h4-9,17,20H,1-3H3,(H,21,22). The molecule has 27 heavy (non-hydrogen) atoms. The van der Waals surface area contributed by atoms with E-state index < -0.39 is 22.5 Å². The summed E-state index contributed by atoms with van der Waals surface area (Å²) in [5.74, 6) is -0.819. The molecule has 146 valence electrons. The van der Waals surface area contributed by atoms with Crippen molar-refractivity contribution >= 4 is 21.6 Å². The van der Waals surface area contributed by atoms with E-state index in [2.05, 4.69) is 14.8 Å². The zero-order valence-corrected chi connectivity index (χ0v) is 15.6. The molecule has 2 N–H and O–H groups in total. The van der Waals surface area contributed by atoms with Crippen LogP contribution in [-0.2, 0) is 10.0 Å². The van der Waals surface area contributed by atoms with Crippen molar-refractivity contribution in [2.45, 2.75) is 18.4 Å². The molecule has 0 atom stereocenters. The van der Waals surface area contributed by atoms with Gasteiger partial charge >= 0.3 is 6.61 Å². The first-order valence-electron chi connectivity index (χ1n) is 7.66. The first-order chi connectivity index (χ1) is 12.7. The minimum absolute atomic E-state index is 0.0288. The Hall–Kier alpha value is -2.72. The monoisotopic (exact) mass is 400 g/mol. The normalized spacial score (nSPS) is 11.3. The lowest BCUT2D eigenvalue weighted by Gasteiger charge is -2.13. The summed E-state index contributed by atoms with van der Waals surface area (Å²) >= 11 is 0. The quantitative estimate of drug-likeness (QED) is 0.745. The average molecular weight is 400 g/mol. The summed E-state index contributed by atoms with van der Waals surface area (Å²) in [5, 5.41) is 2.56. The molecular formula is C17H18F2N2O5S. The second-order valence-corrected chi connectivity index (χ2v) is 7.24. The first-order valence-corrected chi connectivity index (χ1v) is 9.14. The minimum atomic E-state index is -3.69. The predicted octanol–water partition coefficient (Wildman–Crippen LogP) is 2.77. The molecular weight excluding hydrogens is 382 g/mol. The van der Waals surface area contributed by atoms with Gasteiger partial charge in [0.2, 0.25) is 10.0 Å². The molecule has 0 saturated carbocycles. The van der Waals surface area contributed by atoms with Crippen LogP contribution >= 0.6 is 0 Å². The van der Waals surface area contributed by atoms with Crippen molar-refractivity contribution < 1.29 is 31.5 Å². The number of rotatable bonds is 7. The summed E-state index contributed by atoms with van der Waals surface area (Å²) in [6.45, 7) is -1.40. The zero-order chi connectivity index (χ0) is 20.2. The Labute approximate surface area is 155 Å². The van der Waals surface area contributed by atoms with E-state index >= 15 is 0 Å². The molecule has 2 aromatic carbocycles. The number of anilines is 1. The van der Waals surface area contributed by atoms with E-state index in [4.69, 9.17) is 4.74 Å². The molecule has 0 aliphatic heterocycles. The Morgan fingerprint density at radius 2 is 1.81 bits per heavy atom. The topological polar surface area (TPSA) is 93.7 Å². The summed E-state index contributed by atoms with van der Waals surface area (Å²) in [7, 11) is -1.15. The van der Waals surface area contributed by atoms with Crippen LogP contribution < -0.4 is 19.5 Å². The largest absolute Gasteiger partial charge is 0.493 e. The summed E-state index contributed by atoms with van der Waals surface area (Å²) in [6.07, 6.45) is 0. The maximum atomic E-state index is 12.4. The number of hydrogen-bond acceptors (Lipinski definition) is 5. The number of ether oxygens (including phenoxy) is 2. The number of halogens is 2. The van der Waals surface area contributed by atoms with Crippen molar-refractivity contribution in [3.63, 3.8) is 0 Å². The number of carbonyl (C=O) groups excluding carboxylic acids is 1. The smallest absolute Gasteiger partial charge is 0.387 e. The Kier molecular flexibility index (Phi) is 6.34. The molecule has 1 amide bonds. The van der Waals surface area contributed by atoms with Gasteiger partial charge in [-0.2, -0.15) is 8.78 Å². The summed E-state index contributed by atoms with van der Waals surface area (Å²) in [4.78, 5) is 12.4. The molecule has 0 fully saturated rings. The molecule has 0 radical (unpaired) electrons. The Morgan fingerprint density at radius 3 is 2.41 bits per heavy atom. The molecule has 0 heterocycles. The number of alkyl halides is 2. The third-order valence-electron chi connectivity index (χ3n) is 3.65. The van der Waals surface area contributed by atoms with E-state index in [9.17, 15) is 22.0 Å². The average Bonchev–Trinajstić information content (AvgIpc) is 2.62. The molecule has 0 bridgehead atoms. The zero-order valence-electron chi connectivity index (χ0n) is 14.7. The van der Waals surface area contributed by atoms with Crippen LogP contribution in [0.5, 0.6) is 11.5 Å². The Morgan fingerprint density at radius 1 is 1.11 bits per heavy atom. The van der Waals surface area contributed by atoms with Gasteiger partial charge in [-0.1, -0.05) is 6.07 Å². The molecule has 0 spiro atoms. The predicted molar refractivity (Wildman–Crippen MR) is 95.0 cm³/mol. The van der Waals surface area contributed by atoms with Gasteiger partial charge in [-0.25, -0.2) is 13.1 Å². The highest BCUT2D eigenvalue weighted by Gasteiger charge is 2.17. The molecule has 0 aromatic heterocycles. The summed E-state index contributed by atoms with van der Waals surface area (Å²) in [6, 6.07) is 8.14. The van der Waals surface area contributed by atoms with Crippen molar-refractivity contribution in [2.75, 3.05) is 19.5 Å². The maximum Gasteiger partial charge on any atom is 0.387 e. The van der Waals surface area contributed by atoms with Crippen molar-refractivity contribution in [1.29, 1.82) is 0 Å². The van der Waals surface area contributed by atoms with Crippen molar-refractivity contribution in [3.8, 4) is 11.5 Å². The highest BCUT2D eigenvalue weighted by molar-refractivity contribution is 7.89. The van der Waals surface area contributed by atoms with Gasteiger partial charge in [0.05, 0.1) is 12.0 Å². The SMILES string of the molecule is CNS(=O)(=O)c1cc(NC(=O)c2ccc(OC(F)F)c(OC)c2)ccc1C. The molecule has 0 aliphatic carbocycles. The van der Waals surface area contributed by atoms with Gasteiger partial charge in [0.1, 0.15) is 0 Å². The second kappa shape index (κ2) is 8.31. The summed E-state index contributed by atoms with van der Waals surface area (Å²) < 4.78 is 60.3. The molecule has 7 nitrogen and oxygen atoms in total. The Balaban J connectivity index is 2.29. The first kappa shape index (κ1) is 20.6. The lowest BCUT2D eigenvalue weighted by molar-refractivity contribution is -0.0512. The van der Waals surface area contributed by atoms with Crippen LogP contribution in [0.1, 0.15) is 15.9 Å². The van der Waals surface area contributed by atoms with Crippen LogP contribution in [0.25, 0.3) is 0 Å². The molecule has 10 heteroatoms. The van der Waals surface area contributed by atoms with Gasteiger partial charge in [0.25, 0.3) is 5.91 Å². The van der Waals surface area contributed by atoms with Crippen LogP contribution in [-0.4, -0.2) is 35.1 Å². The summed E-state index contributed by atoms with van der Waals surface area (Å²) in [5.41, 5.74) is 0.885. The lowest BCUT2D eigenvalue weighted by Crippen LogP contribution is -2.20. The number of amides is 1. The fourth-order valence-corrected chi connectivity index (χ4v) is 3.28. The van der Waals surface area contributed by atoms with Gasteiger partial charge in [-0.3, -0.25) is 4.79 Å². The number of nitrogens with one attached hydrogen (secondary N) is 2. The van der Waals surface area contributed by atoms with Gasteiger partial charge in [-0.15, -0.1) is 0 Å². The number of benzene rings is 2. The molecule has 0 unspecified atom stereocenters. The van der Waals surface area contributed by atoms with Gasteiger partial charge in [-0.05, 0) is 49.9 Å². The highest BCUT2D eigenvalue weighted by Crippen LogP contribution is 2.30. The third kappa shape index (κ3) is 4.92. The van der Waals surface area contributed by atoms with Crippen molar-refractivity contribution in [2.24, 2.45) is 0 Å². The number of hydrogen-bond donors (Lipinski definition) is 2. The van der Waals surface area contributed by atoms with Crippen LogP contribution in [0, 0.1) is 6.92 Å². The van der Waals surface area contributed by atoms with Gasteiger partial charge in [0.15, 0.2) is 11.5 Å². The molecule has 0 aliphatic rings. The van der Waals surface area contributed by atoms with Crippen molar-refractivity contribution in [1.82, 2.24) is 4.72 Å². The van der Waals surface area contributed by atoms with Crippen molar-refractivity contribution in [3.05, 3.63) is 47.5 Å². The van der Waals surface area contributed by atoms with Crippen LogP contribution in [0.15, 0.2) is 41.3 Å². The van der Waals surface area contributed by atoms with E-state index in [1.807, 2.05) is 0 Å². The number of carbonyl (C=O) groups is 1. The Bertz CT molecular complexity index is 948. The van der Waals surface area contributed by atoms with E-state index in [0.29, 0.717) is 5.56 Å². The van der Waals surface area contributed by atoms with Crippen LogP contribution in [0.3, 0.4) is 0 Å². The van der Waals surface area contributed by atoms with Gasteiger partial charge in [0, 0.05) is 11.3 Å². The number of aryl methyl sites for hydroxylation is 1. The minimum Gasteiger partial charge on any atom is -0.493 e. The maximum absolute atomic E-state index is 12.4. The van der Waals surface area contributed by atoms with Crippen LogP contribution in [0.4, 0.5) is 14.5 Å². The van der Waals surface area contributed by atoms with E-state index in [0.717, 1.165) is 0 Å². The highest BCUT2D eigenvalue weighted by atomic mass is 32.2.